The van der Waals surface area contributed by atoms with Crippen LogP contribution in [0.1, 0.15) is 16.0 Å². The first-order chi connectivity index (χ1) is 10.7. The van der Waals surface area contributed by atoms with E-state index in [0.29, 0.717) is 6.54 Å². The summed E-state index contributed by atoms with van der Waals surface area (Å²) >= 11 is 1.66. The van der Waals surface area contributed by atoms with Gasteiger partial charge in [0.1, 0.15) is 0 Å². The van der Waals surface area contributed by atoms with Crippen molar-refractivity contribution >= 4 is 34.2 Å². The van der Waals surface area contributed by atoms with Crippen LogP contribution in [-0.4, -0.2) is 10.9 Å². The van der Waals surface area contributed by atoms with Gasteiger partial charge in [0.15, 0.2) is 0 Å². The highest BCUT2D eigenvalue weighted by Gasteiger charge is 2.02. The normalized spacial score (nSPS) is 11.1. The third kappa shape index (κ3) is 3.23. The Kier molecular flexibility index (Phi) is 4.30. The Bertz CT molecular complexity index is 830. The second kappa shape index (κ2) is 6.54. The second-order valence-corrected chi connectivity index (χ2v) is 6.00. The Morgan fingerprint density at radius 2 is 2.14 bits per heavy atom. The zero-order valence-electron chi connectivity index (χ0n) is 12.2. The monoisotopic (exact) mass is 308 g/mol. The average molecular weight is 308 g/mol. The van der Waals surface area contributed by atoms with Crippen molar-refractivity contribution in [3.63, 3.8) is 0 Å². The SMILES string of the molecule is Cc1ccsc1CNC(=O)/C=C/c1cccc2cccnc12. The molecule has 0 atom stereocenters. The van der Waals surface area contributed by atoms with E-state index in [9.17, 15) is 4.79 Å². The minimum Gasteiger partial charge on any atom is -0.348 e. The summed E-state index contributed by atoms with van der Waals surface area (Å²) in [5.41, 5.74) is 3.07. The van der Waals surface area contributed by atoms with Gasteiger partial charge >= 0.3 is 0 Å². The lowest BCUT2D eigenvalue weighted by atomic mass is 10.1. The maximum Gasteiger partial charge on any atom is 0.244 e. The summed E-state index contributed by atoms with van der Waals surface area (Å²) in [7, 11) is 0. The first-order valence-corrected chi connectivity index (χ1v) is 7.94. The van der Waals surface area contributed by atoms with Gasteiger partial charge in [0.2, 0.25) is 5.91 Å². The summed E-state index contributed by atoms with van der Waals surface area (Å²) in [6.07, 6.45) is 5.14. The van der Waals surface area contributed by atoms with E-state index in [2.05, 4.69) is 23.3 Å². The van der Waals surface area contributed by atoms with Gasteiger partial charge in [-0.05, 0) is 36.1 Å². The number of rotatable bonds is 4. The summed E-state index contributed by atoms with van der Waals surface area (Å²) in [4.78, 5) is 17.5. The van der Waals surface area contributed by atoms with Crippen molar-refractivity contribution in [2.45, 2.75) is 13.5 Å². The van der Waals surface area contributed by atoms with Crippen LogP contribution in [0, 0.1) is 6.92 Å². The van der Waals surface area contributed by atoms with Gasteiger partial charge in [0.05, 0.1) is 12.1 Å². The van der Waals surface area contributed by atoms with Crippen molar-refractivity contribution in [1.82, 2.24) is 10.3 Å². The number of hydrogen-bond acceptors (Lipinski definition) is 3. The fourth-order valence-corrected chi connectivity index (χ4v) is 3.09. The van der Waals surface area contributed by atoms with Crippen molar-refractivity contribution in [3.8, 4) is 0 Å². The van der Waals surface area contributed by atoms with E-state index in [4.69, 9.17) is 0 Å². The van der Waals surface area contributed by atoms with E-state index in [1.807, 2.05) is 41.8 Å². The van der Waals surface area contributed by atoms with E-state index in [0.717, 1.165) is 16.5 Å². The Hall–Kier alpha value is -2.46. The molecule has 0 fully saturated rings. The molecular formula is C18H16N2OS. The molecule has 1 N–H and O–H groups in total. The predicted octanol–water partition coefficient (Wildman–Crippen LogP) is 3.93. The molecule has 0 aliphatic carbocycles. The number of carbonyl (C=O) groups is 1. The van der Waals surface area contributed by atoms with E-state index in [1.54, 1.807) is 23.6 Å². The number of fused-ring (bicyclic) bond motifs is 1. The fraction of sp³-hybridized carbons (Fsp3) is 0.111. The van der Waals surface area contributed by atoms with Crippen molar-refractivity contribution in [1.29, 1.82) is 0 Å². The topological polar surface area (TPSA) is 42.0 Å². The summed E-state index contributed by atoms with van der Waals surface area (Å²) in [6.45, 7) is 2.62. The van der Waals surface area contributed by atoms with Gasteiger partial charge in [-0.2, -0.15) is 0 Å². The zero-order chi connectivity index (χ0) is 15.4. The molecular weight excluding hydrogens is 292 g/mol. The molecule has 110 valence electrons. The predicted molar refractivity (Wildman–Crippen MR) is 91.7 cm³/mol. The highest BCUT2D eigenvalue weighted by Crippen LogP contribution is 2.17. The number of pyridine rings is 1. The van der Waals surface area contributed by atoms with Crippen LogP contribution in [0.4, 0.5) is 0 Å². The summed E-state index contributed by atoms with van der Waals surface area (Å²) in [6, 6.07) is 11.9. The van der Waals surface area contributed by atoms with Crippen LogP contribution in [0.3, 0.4) is 0 Å². The van der Waals surface area contributed by atoms with Gasteiger partial charge in [-0.1, -0.05) is 24.3 Å². The number of aromatic nitrogens is 1. The smallest absolute Gasteiger partial charge is 0.244 e. The molecule has 0 saturated heterocycles. The number of nitrogens with one attached hydrogen (secondary N) is 1. The van der Waals surface area contributed by atoms with Crippen LogP contribution in [-0.2, 0) is 11.3 Å². The molecule has 3 nitrogen and oxygen atoms in total. The van der Waals surface area contributed by atoms with Gasteiger partial charge in [0.25, 0.3) is 0 Å². The molecule has 2 aromatic heterocycles. The third-order valence-corrected chi connectivity index (χ3v) is 4.49. The molecule has 1 amide bonds. The van der Waals surface area contributed by atoms with E-state index in [1.165, 1.54) is 10.4 Å². The number of thiophene rings is 1. The van der Waals surface area contributed by atoms with Crippen molar-refractivity contribution in [3.05, 3.63) is 70.1 Å². The number of nitrogens with zero attached hydrogens (tertiary/aromatic N) is 1. The van der Waals surface area contributed by atoms with E-state index >= 15 is 0 Å². The summed E-state index contributed by atoms with van der Waals surface area (Å²) in [5, 5.41) is 6.01. The molecule has 3 rings (SSSR count). The van der Waals surface area contributed by atoms with Crippen LogP contribution >= 0.6 is 11.3 Å². The molecule has 0 unspecified atom stereocenters. The minimum absolute atomic E-state index is 0.0965. The maximum absolute atomic E-state index is 11.9. The molecule has 0 aliphatic rings. The molecule has 0 radical (unpaired) electrons. The largest absolute Gasteiger partial charge is 0.348 e. The van der Waals surface area contributed by atoms with Crippen LogP contribution in [0.2, 0.25) is 0 Å². The molecule has 3 aromatic rings. The van der Waals surface area contributed by atoms with Crippen molar-refractivity contribution in [2.24, 2.45) is 0 Å². The molecule has 4 heteroatoms. The van der Waals surface area contributed by atoms with Gasteiger partial charge in [-0.25, -0.2) is 0 Å². The fourth-order valence-electron chi connectivity index (χ4n) is 2.24. The van der Waals surface area contributed by atoms with Gasteiger partial charge in [0, 0.05) is 28.1 Å². The zero-order valence-corrected chi connectivity index (χ0v) is 13.1. The highest BCUT2D eigenvalue weighted by atomic mass is 32.1. The van der Waals surface area contributed by atoms with Gasteiger partial charge in [-0.15, -0.1) is 11.3 Å². The molecule has 2 heterocycles. The molecule has 0 saturated carbocycles. The molecule has 22 heavy (non-hydrogen) atoms. The first-order valence-electron chi connectivity index (χ1n) is 7.06. The maximum atomic E-state index is 11.9. The molecule has 0 aliphatic heterocycles. The lowest BCUT2D eigenvalue weighted by Gasteiger charge is -2.02. The number of aryl methyl sites for hydroxylation is 1. The standard InChI is InChI=1S/C18H16N2OS/c1-13-9-11-22-16(13)12-20-17(21)8-7-15-5-2-4-14-6-3-10-19-18(14)15/h2-11H,12H2,1H3,(H,20,21)/b8-7+. The third-order valence-electron chi connectivity index (χ3n) is 3.47. The molecule has 0 spiro atoms. The Labute approximate surface area is 133 Å². The number of amides is 1. The quantitative estimate of drug-likeness (QED) is 0.742. The van der Waals surface area contributed by atoms with E-state index < -0.39 is 0 Å². The van der Waals surface area contributed by atoms with E-state index in [-0.39, 0.29) is 5.91 Å². The van der Waals surface area contributed by atoms with Crippen LogP contribution in [0.25, 0.3) is 17.0 Å². The first kappa shape index (κ1) is 14.5. The second-order valence-electron chi connectivity index (χ2n) is 5.00. The van der Waals surface area contributed by atoms with Gasteiger partial charge in [-0.3, -0.25) is 9.78 Å². The summed E-state index contributed by atoms with van der Waals surface area (Å²) in [5.74, 6) is -0.0965. The lowest BCUT2D eigenvalue weighted by Crippen LogP contribution is -2.19. The van der Waals surface area contributed by atoms with Crippen molar-refractivity contribution < 1.29 is 4.79 Å². The number of para-hydroxylation sites is 1. The highest BCUT2D eigenvalue weighted by molar-refractivity contribution is 7.10. The number of benzene rings is 1. The average Bonchev–Trinajstić information content (AvgIpc) is 2.96. The molecule has 0 bridgehead atoms. The number of hydrogen-bond donors (Lipinski definition) is 1. The lowest BCUT2D eigenvalue weighted by molar-refractivity contribution is -0.116. The van der Waals surface area contributed by atoms with Crippen LogP contribution in [0.5, 0.6) is 0 Å². The number of carbonyl (C=O) groups excluding carboxylic acids is 1. The summed E-state index contributed by atoms with van der Waals surface area (Å²) < 4.78 is 0. The minimum atomic E-state index is -0.0965. The molecule has 1 aromatic carbocycles. The van der Waals surface area contributed by atoms with Crippen LogP contribution < -0.4 is 5.32 Å². The Morgan fingerprint density at radius 1 is 1.27 bits per heavy atom. The Balaban J connectivity index is 1.70. The van der Waals surface area contributed by atoms with Crippen LogP contribution in [0.15, 0.2) is 54.1 Å². The van der Waals surface area contributed by atoms with Crippen molar-refractivity contribution in [2.75, 3.05) is 0 Å². The Morgan fingerprint density at radius 3 is 2.95 bits per heavy atom. The van der Waals surface area contributed by atoms with Gasteiger partial charge < -0.3 is 5.32 Å².